The number of halogens is 3. The third kappa shape index (κ3) is 8.27. The van der Waals surface area contributed by atoms with E-state index in [1.807, 2.05) is 0 Å². The van der Waals surface area contributed by atoms with Crippen molar-refractivity contribution in [1.29, 1.82) is 0 Å². The number of guanidine groups is 1. The first kappa shape index (κ1) is 19.1. The molecule has 0 atom stereocenters. The first-order valence-electron chi connectivity index (χ1n) is 7.60. The summed E-state index contributed by atoms with van der Waals surface area (Å²) in [6.45, 7) is 6.15. The van der Waals surface area contributed by atoms with E-state index < -0.39 is 11.7 Å². The van der Waals surface area contributed by atoms with Gasteiger partial charge in [0.05, 0.1) is 5.56 Å². The van der Waals surface area contributed by atoms with Crippen molar-refractivity contribution in [2.24, 2.45) is 16.6 Å². The summed E-state index contributed by atoms with van der Waals surface area (Å²) in [6, 6.07) is 2.32. The van der Waals surface area contributed by atoms with Crippen LogP contribution in [0.25, 0.3) is 0 Å². The van der Waals surface area contributed by atoms with E-state index in [1.165, 1.54) is 6.07 Å². The van der Waals surface area contributed by atoms with Gasteiger partial charge in [0.1, 0.15) is 5.82 Å². The van der Waals surface area contributed by atoms with E-state index in [0.717, 1.165) is 25.2 Å². The molecule has 0 saturated heterocycles. The quantitative estimate of drug-likeness (QED) is 0.389. The minimum Gasteiger partial charge on any atom is -0.370 e. The van der Waals surface area contributed by atoms with Crippen LogP contribution in [-0.4, -0.2) is 30.6 Å². The van der Waals surface area contributed by atoms with E-state index in [9.17, 15) is 13.2 Å². The lowest BCUT2D eigenvalue weighted by Crippen LogP contribution is -2.33. The second kappa shape index (κ2) is 9.22. The maximum absolute atomic E-state index is 12.4. The van der Waals surface area contributed by atoms with Gasteiger partial charge in [-0.2, -0.15) is 13.2 Å². The summed E-state index contributed by atoms with van der Waals surface area (Å²) in [5, 5.41) is 5.98. The third-order valence-corrected chi connectivity index (χ3v) is 3.04. The van der Waals surface area contributed by atoms with Crippen molar-refractivity contribution in [2.45, 2.75) is 32.9 Å². The van der Waals surface area contributed by atoms with Gasteiger partial charge in [0.2, 0.25) is 0 Å². The highest BCUT2D eigenvalue weighted by molar-refractivity contribution is 5.77. The average molecular weight is 331 g/mol. The lowest BCUT2D eigenvalue weighted by molar-refractivity contribution is -0.137. The van der Waals surface area contributed by atoms with Crippen LogP contribution in [0.4, 0.5) is 19.0 Å². The second-order valence-corrected chi connectivity index (χ2v) is 5.59. The van der Waals surface area contributed by atoms with E-state index in [0.29, 0.717) is 37.2 Å². The molecule has 1 heterocycles. The molecule has 0 unspecified atom stereocenters. The highest BCUT2D eigenvalue weighted by Gasteiger charge is 2.30. The fourth-order valence-corrected chi connectivity index (χ4v) is 1.71. The summed E-state index contributed by atoms with van der Waals surface area (Å²) in [5.41, 5.74) is 4.95. The molecule has 0 spiro atoms. The largest absolute Gasteiger partial charge is 0.417 e. The summed E-state index contributed by atoms with van der Waals surface area (Å²) in [6.07, 6.45) is -1.82. The summed E-state index contributed by atoms with van der Waals surface area (Å²) in [7, 11) is 0. The van der Waals surface area contributed by atoms with Crippen LogP contribution in [0, 0.1) is 5.92 Å². The molecule has 1 rings (SSSR count). The van der Waals surface area contributed by atoms with Crippen LogP contribution in [0.1, 0.15) is 32.3 Å². The Hall–Kier alpha value is -1.99. The molecule has 4 N–H and O–H groups in total. The number of aliphatic imine (C=N–C) groups is 1. The van der Waals surface area contributed by atoms with Crippen molar-refractivity contribution < 1.29 is 13.2 Å². The van der Waals surface area contributed by atoms with Crippen LogP contribution in [0.5, 0.6) is 0 Å². The zero-order valence-corrected chi connectivity index (χ0v) is 13.5. The lowest BCUT2D eigenvalue weighted by atomic mass is 10.1. The Morgan fingerprint density at radius 1 is 1.30 bits per heavy atom. The van der Waals surface area contributed by atoms with E-state index in [-0.39, 0.29) is 0 Å². The molecule has 130 valence electrons. The van der Waals surface area contributed by atoms with Gasteiger partial charge in [-0.05, 0) is 30.9 Å². The number of nitrogens with zero attached hydrogens (tertiary/aromatic N) is 2. The van der Waals surface area contributed by atoms with Gasteiger partial charge >= 0.3 is 6.18 Å². The molecule has 0 aromatic carbocycles. The van der Waals surface area contributed by atoms with Gasteiger partial charge in [0.25, 0.3) is 0 Å². The monoisotopic (exact) mass is 331 g/mol. The number of anilines is 1. The molecule has 5 nitrogen and oxygen atoms in total. The number of alkyl halides is 3. The van der Waals surface area contributed by atoms with E-state index in [1.54, 1.807) is 0 Å². The summed E-state index contributed by atoms with van der Waals surface area (Å²) in [4.78, 5) is 7.90. The van der Waals surface area contributed by atoms with Crippen LogP contribution < -0.4 is 16.4 Å². The standard InChI is InChI=1S/C15H24F3N5/c1-11(2)6-9-22-14(19)21-8-3-7-20-13-5-4-12(10-23-13)15(16,17)18/h4-5,10-11H,3,6-9H2,1-2H3,(H,20,23)(H3,19,21,22). The predicted octanol–water partition coefficient (Wildman–Crippen LogP) is 2.85. The predicted molar refractivity (Wildman–Crippen MR) is 86.3 cm³/mol. The maximum Gasteiger partial charge on any atom is 0.417 e. The number of nitrogens with two attached hydrogens (primary N) is 1. The molecular weight excluding hydrogens is 307 g/mol. The number of hydrogen-bond donors (Lipinski definition) is 3. The zero-order chi connectivity index (χ0) is 17.3. The molecule has 8 heteroatoms. The summed E-state index contributed by atoms with van der Waals surface area (Å²) >= 11 is 0. The Balaban J connectivity index is 2.22. The molecule has 0 aliphatic rings. The van der Waals surface area contributed by atoms with E-state index in [2.05, 4.69) is 34.5 Å². The Labute approximate surface area is 134 Å². The fraction of sp³-hybridized carbons (Fsp3) is 0.600. The SMILES string of the molecule is CC(C)CCNC(N)=NCCCNc1ccc(C(F)(F)F)cn1. The molecule has 0 saturated carbocycles. The number of aromatic nitrogens is 1. The van der Waals surface area contributed by atoms with E-state index in [4.69, 9.17) is 5.73 Å². The number of nitrogens with one attached hydrogen (secondary N) is 2. The number of rotatable bonds is 8. The molecule has 0 amide bonds. The van der Waals surface area contributed by atoms with Crippen LogP contribution in [0.2, 0.25) is 0 Å². The first-order chi connectivity index (χ1) is 10.8. The molecule has 0 fully saturated rings. The van der Waals surface area contributed by atoms with Gasteiger partial charge in [-0.3, -0.25) is 4.99 Å². The second-order valence-electron chi connectivity index (χ2n) is 5.59. The van der Waals surface area contributed by atoms with Crippen LogP contribution in [0.3, 0.4) is 0 Å². The van der Waals surface area contributed by atoms with Gasteiger partial charge in [-0.1, -0.05) is 13.8 Å². The molecule has 0 bridgehead atoms. The van der Waals surface area contributed by atoms with Gasteiger partial charge < -0.3 is 16.4 Å². The molecule has 1 aromatic heterocycles. The maximum atomic E-state index is 12.4. The Bertz CT molecular complexity index is 483. The van der Waals surface area contributed by atoms with Gasteiger partial charge in [-0.15, -0.1) is 0 Å². The lowest BCUT2D eigenvalue weighted by Gasteiger charge is -2.09. The first-order valence-corrected chi connectivity index (χ1v) is 7.60. The summed E-state index contributed by atoms with van der Waals surface area (Å²) in [5.74, 6) is 1.43. The van der Waals surface area contributed by atoms with Crippen molar-refractivity contribution in [3.05, 3.63) is 23.9 Å². The van der Waals surface area contributed by atoms with Crippen molar-refractivity contribution in [3.63, 3.8) is 0 Å². The minimum absolute atomic E-state index is 0.407. The number of hydrogen-bond acceptors (Lipinski definition) is 3. The zero-order valence-electron chi connectivity index (χ0n) is 13.5. The molecule has 1 aromatic rings. The molecular formula is C15H24F3N5. The van der Waals surface area contributed by atoms with Gasteiger partial charge in [0.15, 0.2) is 5.96 Å². The fourth-order valence-electron chi connectivity index (χ4n) is 1.71. The topological polar surface area (TPSA) is 75.3 Å². The molecule has 0 aliphatic heterocycles. The highest BCUT2D eigenvalue weighted by atomic mass is 19.4. The minimum atomic E-state index is -4.36. The van der Waals surface area contributed by atoms with Crippen molar-refractivity contribution in [2.75, 3.05) is 25.0 Å². The smallest absolute Gasteiger partial charge is 0.370 e. The molecule has 0 radical (unpaired) electrons. The molecule has 23 heavy (non-hydrogen) atoms. The Morgan fingerprint density at radius 3 is 2.61 bits per heavy atom. The normalized spacial score (nSPS) is 12.5. The Morgan fingerprint density at radius 2 is 2.04 bits per heavy atom. The van der Waals surface area contributed by atoms with Crippen LogP contribution >= 0.6 is 0 Å². The van der Waals surface area contributed by atoms with Crippen LogP contribution in [-0.2, 0) is 6.18 Å². The van der Waals surface area contributed by atoms with Crippen molar-refractivity contribution in [1.82, 2.24) is 10.3 Å². The van der Waals surface area contributed by atoms with Crippen molar-refractivity contribution >= 4 is 11.8 Å². The van der Waals surface area contributed by atoms with Crippen LogP contribution in [0.15, 0.2) is 23.3 Å². The third-order valence-electron chi connectivity index (χ3n) is 3.04. The van der Waals surface area contributed by atoms with Gasteiger partial charge in [-0.25, -0.2) is 4.98 Å². The summed E-state index contributed by atoms with van der Waals surface area (Å²) < 4.78 is 37.2. The Kier molecular flexibility index (Phi) is 7.64. The van der Waals surface area contributed by atoms with Gasteiger partial charge in [0, 0.05) is 25.8 Å². The average Bonchev–Trinajstić information content (AvgIpc) is 2.46. The van der Waals surface area contributed by atoms with E-state index >= 15 is 0 Å². The van der Waals surface area contributed by atoms with Crippen molar-refractivity contribution in [3.8, 4) is 0 Å². The number of pyridine rings is 1. The highest BCUT2D eigenvalue weighted by Crippen LogP contribution is 2.28. The molecule has 0 aliphatic carbocycles.